The Morgan fingerprint density at radius 3 is 2.75 bits per heavy atom. The number of aryl methyl sites for hydroxylation is 1. The lowest BCUT2D eigenvalue weighted by atomic mass is 9.91. The Morgan fingerprint density at radius 1 is 1.56 bits per heavy atom. The molecule has 16 heavy (non-hydrogen) atoms. The molecule has 4 nitrogen and oxygen atoms in total. The Morgan fingerprint density at radius 2 is 2.25 bits per heavy atom. The molecular formula is C12H17N3O. The maximum atomic E-state index is 11.4. The van der Waals surface area contributed by atoms with Crippen molar-refractivity contribution >= 4 is 5.91 Å². The van der Waals surface area contributed by atoms with Gasteiger partial charge in [-0.1, -0.05) is 6.58 Å². The van der Waals surface area contributed by atoms with Crippen LogP contribution in [0.25, 0.3) is 0 Å². The Bertz CT molecular complexity index is 389. The normalized spacial score (nSPS) is 17.4. The molecule has 1 aromatic rings. The van der Waals surface area contributed by atoms with Gasteiger partial charge in [0.25, 0.3) is 0 Å². The molecule has 1 aliphatic heterocycles. The second-order valence-corrected chi connectivity index (χ2v) is 4.25. The largest absolute Gasteiger partial charge is 0.339 e. The highest BCUT2D eigenvalue weighted by Gasteiger charge is 2.23. The van der Waals surface area contributed by atoms with Gasteiger partial charge in [0.15, 0.2) is 0 Å². The smallest absolute Gasteiger partial charge is 0.245 e. The third-order valence-corrected chi connectivity index (χ3v) is 3.18. The summed E-state index contributed by atoms with van der Waals surface area (Å²) in [6.45, 7) is 5.16. The van der Waals surface area contributed by atoms with Gasteiger partial charge >= 0.3 is 0 Å². The maximum Gasteiger partial charge on any atom is 0.245 e. The summed E-state index contributed by atoms with van der Waals surface area (Å²) in [5.74, 6) is 0.590. The average molecular weight is 219 g/mol. The predicted molar refractivity (Wildman–Crippen MR) is 62.0 cm³/mol. The average Bonchev–Trinajstić information content (AvgIpc) is 2.75. The molecule has 0 N–H and O–H groups in total. The van der Waals surface area contributed by atoms with Crippen LogP contribution in [0.3, 0.4) is 0 Å². The Balaban J connectivity index is 1.95. The molecule has 1 aliphatic rings. The molecule has 1 fully saturated rings. The van der Waals surface area contributed by atoms with Crippen molar-refractivity contribution in [2.45, 2.75) is 18.8 Å². The number of likely N-dealkylation sites (tertiary alicyclic amines) is 1. The number of amides is 1. The van der Waals surface area contributed by atoms with Crippen molar-refractivity contribution in [2.75, 3.05) is 13.1 Å². The molecule has 1 saturated heterocycles. The summed E-state index contributed by atoms with van der Waals surface area (Å²) in [7, 11) is 1.93. The second kappa shape index (κ2) is 4.51. The maximum absolute atomic E-state index is 11.4. The van der Waals surface area contributed by atoms with E-state index < -0.39 is 0 Å². The standard InChI is InChI=1S/C12H17N3O/c1-3-12(16)15-6-4-10(5-7-15)11-8-13-14(2)9-11/h3,8-10H,1,4-7H2,2H3. The van der Waals surface area contributed by atoms with Crippen LogP contribution in [0.5, 0.6) is 0 Å². The molecule has 4 heteroatoms. The molecule has 0 saturated carbocycles. The van der Waals surface area contributed by atoms with E-state index in [0.29, 0.717) is 5.92 Å². The molecular weight excluding hydrogens is 202 g/mol. The summed E-state index contributed by atoms with van der Waals surface area (Å²) >= 11 is 0. The number of carbonyl (C=O) groups is 1. The van der Waals surface area contributed by atoms with Crippen molar-refractivity contribution in [2.24, 2.45) is 7.05 Å². The Hall–Kier alpha value is -1.58. The second-order valence-electron chi connectivity index (χ2n) is 4.25. The van der Waals surface area contributed by atoms with Crippen LogP contribution in [-0.4, -0.2) is 33.7 Å². The van der Waals surface area contributed by atoms with E-state index in [9.17, 15) is 4.79 Å². The molecule has 0 spiro atoms. The summed E-state index contributed by atoms with van der Waals surface area (Å²) in [6.07, 6.45) is 7.42. The lowest BCUT2D eigenvalue weighted by molar-refractivity contribution is -0.127. The van der Waals surface area contributed by atoms with Crippen molar-refractivity contribution in [3.05, 3.63) is 30.6 Å². The topological polar surface area (TPSA) is 38.1 Å². The van der Waals surface area contributed by atoms with Gasteiger partial charge in [-0.3, -0.25) is 9.48 Å². The monoisotopic (exact) mass is 219 g/mol. The Labute approximate surface area is 95.5 Å². The van der Waals surface area contributed by atoms with Gasteiger partial charge in [-0.25, -0.2) is 0 Å². The van der Waals surface area contributed by atoms with Crippen molar-refractivity contribution < 1.29 is 4.79 Å². The number of carbonyl (C=O) groups excluding carboxylic acids is 1. The van der Waals surface area contributed by atoms with Crippen molar-refractivity contribution in [3.8, 4) is 0 Å². The van der Waals surface area contributed by atoms with Crippen LogP contribution in [0.1, 0.15) is 24.3 Å². The highest BCUT2D eigenvalue weighted by Crippen LogP contribution is 2.27. The first kappa shape index (κ1) is 10.9. The molecule has 1 amide bonds. The van der Waals surface area contributed by atoms with Gasteiger partial charge in [0.2, 0.25) is 5.91 Å². The number of aromatic nitrogens is 2. The van der Waals surface area contributed by atoms with Crippen molar-refractivity contribution in [1.82, 2.24) is 14.7 Å². The fourth-order valence-electron chi connectivity index (χ4n) is 2.21. The lowest BCUT2D eigenvalue weighted by Crippen LogP contribution is -2.36. The molecule has 2 heterocycles. The van der Waals surface area contributed by atoms with E-state index in [1.54, 1.807) is 0 Å². The SMILES string of the molecule is C=CC(=O)N1CCC(c2cnn(C)c2)CC1. The zero-order valence-electron chi connectivity index (χ0n) is 9.59. The first-order valence-corrected chi connectivity index (χ1v) is 5.60. The van der Waals surface area contributed by atoms with Crippen LogP contribution in [-0.2, 0) is 11.8 Å². The number of rotatable bonds is 2. The Kier molecular flexibility index (Phi) is 3.08. The molecule has 0 radical (unpaired) electrons. The lowest BCUT2D eigenvalue weighted by Gasteiger charge is -2.30. The van der Waals surface area contributed by atoms with Gasteiger partial charge < -0.3 is 4.90 Å². The molecule has 1 aromatic heterocycles. The van der Waals surface area contributed by atoms with Gasteiger partial charge in [0.05, 0.1) is 6.20 Å². The number of piperidine rings is 1. The third kappa shape index (κ3) is 2.15. The zero-order chi connectivity index (χ0) is 11.5. The van der Waals surface area contributed by atoms with E-state index in [1.807, 2.05) is 22.8 Å². The quantitative estimate of drug-likeness (QED) is 0.703. The molecule has 0 aliphatic carbocycles. The number of hydrogen-bond donors (Lipinski definition) is 0. The van der Waals surface area contributed by atoms with Gasteiger partial charge in [-0.05, 0) is 30.4 Å². The third-order valence-electron chi connectivity index (χ3n) is 3.18. The summed E-state index contributed by atoms with van der Waals surface area (Å²) in [6, 6.07) is 0. The van der Waals surface area contributed by atoms with Crippen LogP contribution in [0.4, 0.5) is 0 Å². The summed E-state index contributed by atoms with van der Waals surface area (Å²) < 4.78 is 1.83. The van der Waals surface area contributed by atoms with Crippen molar-refractivity contribution in [3.63, 3.8) is 0 Å². The molecule has 2 rings (SSSR count). The minimum atomic E-state index is 0.0460. The van der Waals surface area contributed by atoms with Gasteiger partial charge in [0.1, 0.15) is 0 Å². The fraction of sp³-hybridized carbons (Fsp3) is 0.500. The van der Waals surface area contributed by atoms with E-state index >= 15 is 0 Å². The molecule has 0 aromatic carbocycles. The molecule has 86 valence electrons. The zero-order valence-corrected chi connectivity index (χ0v) is 9.59. The van der Waals surface area contributed by atoms with Crippen LogP contribution in [0.15, 0.2) is 25.0 Å². The fourth-order valence-corrected chi connectivity index (χ4v) is 2.21. The first-order valence-electron chi connectivity index (χ1n) is 5.60. The summed E-state index contributed by atoms with van der Waals surface area (Å²) in [5, 5.41) is 4.18. The van der Waals surface area contributed by atoms with Gasteiger partial charge in [-0.15, -0.1) is 0 Å². The molecule has 0 atom stereocenters. The van der Waals surface area contributed by atoms with E-state index in [-0.39, 0.29) is 5.91 Å². The predicted octanol–water partition coefficient (Wildman–Crippen LogP) is 1.31. The summed E-state index contributed by atoms with van der Waals surface area (Å²) in [5.41, 5.74) is 1.29. The first-order chi connectivity index (χ1) is 7.70. The minimum absolute atomic E-state index is 0.0460. The number of hydrogen-bond acceptors (Lipinski definition) is 2. The van der Waals surface area contributed by atoms with Crippen LogP contribution in [0, 0.1) is 0 Å². The van der Waals surface area contributed by atoms with E-state index in [0.717, 1.165) is 25.9 Å². The van der Waals surface area contributed by atoms with E-state index in [2.05, 4.69) is 17.9 Å². The summed E-state index contributed by atoms with van der Waals surface area (Å²) in [4.78, 5) is 13.3. The van der Waals surface area contributed by atoms with Crippen LogP contribution in [0.2, 0.25) is 0 Å². The van der Waals surface area contributed by atoms with E-state index in [1.165, 1.54) is 11.6 Å². The van der Waals surface area contributed by atoms with Gasteiger partial charge in [0, 0.05) is 26.3 Å². The molecule has 0 unspecified atom stereocenters. The minimum Gasteiger partial charge on any atom is -0.339 e. The van der Waals surface area contributed by atoms with Gasteiger partial charge in [-0.2, -0.15) is 5.10 Å². The van der Waals surface area contributed by atoms with Crippen LogP contribution >= 0.6 is 0 Å². The highest BCUT2D eigenvalue weighted by molar-refractivity contribution is 5.87. The number of nitrogens with zero attached hydrogens (tertiary/aromatic N) is 3. The molecule has 0 bridgehead atoms. The highest BCUT2D eigenvalue weighted by atomic mass is 16.2. The van der Waals surface area contributed by atoms with Crippen molar-refractivity contribution in [1.29, 1.82) is 0 Å². The van der Waals surface area contributed by atoms with E-state index in [4.69, 9.17) is 0 Å². The van der Waals surface area contributed by atoms with Crippen LogP contribution < -0.4 is 0 Å².